The van der Waals surface area contributed by atoms with Crippen molar-refractivity contribution >= 4 is 45.7 Å². The number of ether oxygens (including phenoxy) is 1. The van der Waals surface area contributed by atoms with Gasteiger partial charge >= 0.3 is 5.97 Å². The van der Waals surface area contributed by atoms with E-state index in [2.05, 4.69) is 20.3 Å². The zero-order valence-electron chi connectivity index (χ0n) is 11.5. The average molecular weight is 343 g/mol. The number of hydrogen-bond acceptors (Lipinski definition) is 6. The number of hydrogen-bond donors (Lipinski definition) is 3. The highest BCUT2D eigenvalue weighted by Crippen LogP contribution is 2.33. The molecule has 0 unspecified atom stereocenters. The summed E-state index contributed by atoms with van der Waals surface area (Å²) >= 11 is 6.69. The maximum absolute atomic E-state index is 12.1. The molecule has 10 heteroatoms. The first kappa shape index (κ1) is 16.0. The number of esters is 1. The Hall–Kier alpha value is -2.39. The predicted molar refractivity (Wildman–Crippen MR) is 80.5 cm³/mol. The molecule has 0 fully saturated rings. The molecule has 2 aromatic rings. The van der Waals surface area contributed by atoms with Gasteiger partial charge in [-0.15, -0.1) is 11.3 Å². The molecule has 2 amide bonds. The number of nitrogens with one attached hydrogen (secondary N) is 2. The molecule has 2 rings (SSSR count). The zero-order valence-corrected chi connectivity index (χ0v) is 13.1. The number of H-pyrrole nitrogens is 1. The number of carbonyl (C=O) groups excluding carboxylic acids is 3. The number of methoxy groups -OCH3 is 1. The van der Waals surface area contributed by atoms with Crippen molar-refractivity contribution in [3.63, 3.8) is 0 Å². The number of aromatic nitrogens is 2. The van der Waals surface area contributed by atoms with Crippen molar-refractivity contribution in [2.24, 2.45) is 5.73 Å². The lowest BCUT2D eigenvalue weighted by atomic mass is 10.1. The summed E-state index contributed by atoms with van der Waals surface area (Å²) in [4.78, 5) is 35.5. The number of primary amides is 1. The van der Waals surface area contributed by atoms with Crippen LogP contribution >= 0.6 is 22.9 Å². The molecule has 0 radical (unpaired) electrons. The molecule has 4 N–H and O–H groups in total. The van der Waals surface area contributed by atoms with Crippen LogP contribution in [0.2, 0.25) is 5.02 Å². The molecule has 0 saturated heterocycles. The number of thiophene rings is 1. The van der Waals surface area contributed by atoms with E-state index in [0.29, 0.717) is 5.56 Å². The van der Waals surface area contributed by atoms with Gasteiger partial charge < -0.3 is 15.8 Å². The molecule has 116 valence electrons. The standard InChI is InChI=1S/C12H11ClN4O4S/c1-4-6(12(20)21-2)11(22-8(4)9(14)18)16-10(19)7-5(13)3-15-17-7/h3H,1-2H3,(H2,14,18)(H,15,17)(H,16,19). The van der Waals surface area contributed by atoms with Gasteiger partial charge in [0.05, 0.1) is 28.8 Å². The minimum atomic E-state index is -0.701. The number of nitrogens with two attached hydrogens (primary N) is 1. The molecule has 22 heavy (non-hydrogen) atoms. The van der Waals surface area contributed by atoms with Crippen LogP contribution in [-0.4, -0.2) is 35.1 Å². The van der Waals surface area contributed by atoms with E-state index in [1.165, 1.54) is 13.3 Å². The Morgan fingerprint density at radius 2 is 2.14 bits per heavy atom. The maximum atomic E-state index is 12.1. The number of amides is 2. The Morgan fingerprint density at radius 3 is 2.64 bits per heavy atom. The van der Waals surface area contributed by atoms with Crippen molar-refractivity contribution in [1.29, 1.82) is 0 Å². The monoisotopic (exact) mass is 342 g/mol. The molecule has 0 bridgehead atoms. The number of nitrogens with zero attached hydrogens (tertiary/aromatic N) is 1. The average Bonchev–Trinajstić information content (AvgIpc) is 3.02. The topological polar surface area (TPSA) is 127 Å². The van der Waals surface area contributed by atoms with Crippen molar-refractivity contribution in [2.75, 3.05) is 12.4 Å². The van der Waals surface area contributed by atoms with E-state index in [9.17, 15) is 14.4 Å². The SMILES string of the molecule is COC(=O)c1c(NC(=O)c2[nH]ncc2Cl)sc(C(N)=O)c1C. The summed E-state index contributed by atoms with van der Waals surface area (Å²) in [6, 6.07) is 0. The highest BCUT2D eigenvalue weighted by molar-refractivity contribution is 7.18. The molecule has 0 aliphatic rings. The van der Waals surface area contributed by atoms with Gasteiger partial charge in [0.2, 0.25) is 0 Å². The molecular formula is C12H11ClN4O4S. The Bertz CT molecular complexity index is 767. The van der Waals surface area contributed by atoms with Crippen LogP contribution in [0.5, 0.6) is 0 Å². The number of carbonyl (C=O) groups is 3. The minimum Gasteiger partial charge on any atom is -0.465 e. The van der Waals surface area contributed by atoms with Gasteiger partial charge in [0, 0.05) is 0 Å². The summed E-state index contributed by atoms with van der Waals surface area (Å²) in [5, 5.41) is 8.84. The predicted octanol–water partition coefficient (Wildman–Crippen LogP) is 1.57. The van der Waals surface area contributed by atoms with Crippen molar-refractivity contribution in [1.82, 2.24) is 10.2 Å². The van der Waals surface area contributed by atoms with Gasteiger partial charge in [0.1, 0.15) is 10.7 Å². The Morgan fingerprint density at radius 1 is 1.45 bits per heavy atom. The second kappa shape index (κ2) is 6.16. The first-order valence-corrected chi connectivity index (χ1v) is 7.08. The molecular weight excluding hydrogens is 332 g/mol. The van der Waals surface area contributed by atoms with E-state index >= 15 is 0 Å². The summed E-state index contributed by atoms with van der Waals surface area (Å²) in [5.41, 5.74) is 5.71. The number of aromatic amines is 1. The van der Waals surface area contributed by atoms with Crippen LogP contribution in [0.3, 0.4) is 0 Å². The normalized spacial score (nSPS) is 10.3. The van der Waals surface area contributed by atoms with E-state index in [1.807, 2.05) is 0 Å². The summed E-state index contributed by atoms with van der Waals surface area (Å²) in [6.45, 7) is 1.54. The van der Waals surface area contributed by atoms with E-state index in [-0.39, 0.29) is 26.2 Å². The summed E-state index contributed by atoms with van der Waals surface area (Å²) in [5.74, 6) is -2.00. The Kier molecular flexibility index (Phi) is 4.48. The molecule has 0 saturated carbocycles. The molecule has 0 aliphatic heterocycles. The minimum absolute atomic E-state index is 0.0316. The van der Waals surface area contributed by atoms with Crippen LogP contribution in [0.25, 0.3) is 0 Å². The van der Waals surface area contributed by atoms with Crippen LogP contribution in [0.15, 0.2) is 6.20 Å². The largest absolute Gasteiger partial charge is 0.465 e. The van der Waals surface area contributed by atoms with Gasteiger partial charge in [0.15, 0.2) is 0 Å². The summed E-state index contributed by atoms with van der Waals surface area (Å²) < 4.78 is 4.66. The van der Waals surface area contributed by atoms with Gasteiger partial charge in [0.25, 0.3) is 11.8 Å². The molecule has 0 spiro atoms. The maximum Gasteiger partial charge on any atom is 0.341 e. The first-order chi connectivity index (χ1) is 10.4. The van der Waals surface area contributed by atoms with Crippen LogP contribution < -0.4 is 11.1 Å². The summed E-state index contributed by atoms with van der Waals surface area (Å²) in [7, 11) is 1.20. The fourth-order valence-electron chi connectivity index (χ4n) is 1.78. The second-order valence-corrected chi connectivity index (χ2v) is 5.59. The van der Waals surface area contributed by atoms with Crippen molar-refractivity contribution in [3.05, 3.63) is 32.9 Å². The third-order valence-corrected chi connectivity index (χ3v) is 4.32. The quantitative estimate of drug-likeness (QED) is 0.727. The van der Waals surface area contributed by atoms with Crippen LogP contribution in [-0.2, 0) is 4.74 Å². The second-order valence-electron chi connectivity index (χ2n) is 4.16. The fourth-order valence-corrected chi connectivity index (χ4v) is 3.00. The smallest absolute Gasteiger partial charge is 0.341 e. The van der Waals surface area contributed by atoms with Crippen molar-refractivity contribution in [2.45, 2.75) is 6.92 Å². The van der Waals surface area contributed by atoms with E-state index in [4.69, 9.17) is 17.3 Å². The lowest BCUT2D eigenvalue weighted by Crippen LogP contribution is -2.15. The van der Waals surface area contributed by atoms with E-state index in [0.717, 1.165) is 11.3 Å². The van der Waals surface area contributed by atoms with Gasteiger partial charge in [-0.25, -0.2) is 4.79 Å². The molecule has 2 heterocycles. The van der Waals surface area contributed by atoms with Gasteiger partial charge in [-0.1, -0.05) is 11.6 Å². The van der Waals surface area contributed by atoms with Crippen molar-refractivity contribution < 1.29 is 19.1 Å². The Balaban J connectivity index is 2.44. The molecule has 8 nitrogen and oxygen atoms in total. The molecule has 2 aromatic heterocycles. The third kappa shape index (κ3) is 2.81. The van der Waals surface area contributed by atoms with E-state index in [1.54, 1.807) is 6.92 Å². The summed E-state index contributed by atoms with van der Waals surface area (Å²) in [6.07, 6.45) is 1.27. The lowest BCUT2D eigenvalue weighted by molar-refractivity contribution is 0.0601. The van der Waals surface area contributed by atoms with E-state index < -0.39 is 17.8 Å². The first-order valence-electron chi connectivity index (χ1n) is 5.88. The van der Waals surface area contributed by atoms with Crippen LogP contribution in [0, 0.1) is 6.92 Å². The number of halogens is 1. The highest BCUT2D eigenvalue weighted by Gasteiger charge is 2.26. The number of rotatable bonds is 4. The Labute approximate surface area is 133 Å². The van der Waals surface area contributed by atoms with Crippen molar-refractivity contribution in [3.8, 4) is 0 Å². The highest BCUT2D eigenvalue weighted by atomic mass is 35.5. The third-order valence-electron chi connectivity index (χ3n) is 2.81. The van der Waals surface area contributed by atoms with Crippen LogP contribution in [0.4, 0.5) is 5.00 Å². The fraction of sp³-hybridized carbons (Fsp3) is 0.167. The van der Waals surface area contributed by atoms with Crippen LogP contribution in [0.1, 0.15) is 36.1 Å². The molecule has 0 aliphatic carbocycles. The van der Waals surface area contributed by atoms with Gasteiger partial charge in [-0.05, 0) is 12.5 Å². The van der Waals surface area contributed by atoms with Gasteiger partial charge in [-0.2, -0.15) is 5.10 Å². The zero-order chi connectivity index (χ0) is 16.4. The molecule has 0 aromatic carbocycles. The lowest BCUT2D eigenvalue weighted by Gasteiger charge is -2.05. The van der Waals surface area contributed by atoms with Gasteiger partial charge in [-0.3, -0.25) is 14.7 Å². The molecule has 0 atom stereocenters. The number of anilines is 1.